The van der Waals surface area contributed by atoms with Gasteiger partial charge in [0.15, 0.2) is 0 Å². The van der Waals surface area contributed by atoms with Crippen LogP contribution in [0, 0.1) is 0 Å². The van der Waals surface area contributed by atoms with Gasteiger partial charge in [-0.25, -0.2) is 0 Å². The second-order valence-electron chi connectivity index (χ2n) is 11.8. The van der Waals surface area contributed by atoms with Crippen molar-refractivity contribution in [3.05, 3.63) is 0 Å². The van der Waals surface area contributed by atoms with E-state index >= 15 is 0 Å². The molecule has 0 aromatic carbocycles. The zero-order chi connectivity index (χ0) is 29.2. The highest BCUT2D eigenvalue weighted by Crippen LogP contribution is 2.14. The molecule has 240 valence electrons. The van der Waals surface area contributed by atoms with E-state index in [-0.39, 0.29) is 12.5 Å². The molecule has 5 heteroatoms. The Morgan fingerprint density at radius 3 is 1.15 bits per heavy atom. The first-order valence-electron chi connectivity index (χ1n) is 17.7. The van der Waals surface area contributed by atoms with Crippen LogP contribution in [0.25, 0.3) is 0 Å². The van der Waals surface area contributed by atoms with Crippen molar-refractivity contribution in [2.24, 2.45) is 0 Å². The standard InChI is InChI=1S/C35H71NO4/c1-4-6-8-10-12-14-16-18-20-22-24-26-28-36(35(37)34-40-33-32-39-31-30-38-3)29-27-25-23-21-19-17-15-13-11-9-7-5-2/h4-34H2,1-3H3. The molecule has 0 aromatic heterocycles. The molecule has 40 heavy (non-hydrogen) atoms. The number of ether oxygens (including phenoxy) is 3. The molecule has 0 fully saturated rings. The number of amides is 1. The molecular weight excluding hydrogens is 498 g/mol. The smallest absolute Gasteiger partial charge is 0.248 e. The summed E-state index contributed by atoms with van der Waals surface area (Å²) in [5, 5.41) is 0. The van der Waals surface area contributed by atoms with Gasteiger partial charge in [-0.05, 0) is 12.8 Å². The third kappa shape index (κ3) is 30.3. The maximum Gasteiger partial charge on any atom is 0.248 e. The molecule has 0 N–H and O–H groups in total. The average molecular weight is 570 g/mol. The van der Waals surface area contributed by atoms with Gasteiger partial charge >= 0.3 is 0 Å². The highest BCUT2D eigenvalue weighted by atomic mass is 16.5. The van der Waals surface area contributed by atoms with Gasteiger partial charge in [-0.2, -0.15) is 0 Å². The molecule has 0 saturated carbocycles. The number of carbonyl (C=O) groups is 1. The van der Waals surface area contributed by atoms with Crippen molar-refractivity contribution in [2.75, 3.05) is 53.2 Å². The minimum Gasteiger partial charge on any atom is -0.382 e. The van der Waals surface area contributed by atoms with Crippen molar-refractivity contribution in [2.45, 2.75) is 168 Å². The molecular formula is C35H71NO4. The van der Waals surface area contributed by atoms with Crippen LogP contribution in [0.3, 0.4) is 0 Å². The van der Waals surface area contributed by atoms with Gasteiger partial charge < -0.3 is 19.1 Å². The molecule has 0 aliphatic heterocycles. The molecule has 1 amide bonds. The highest BCUT2D eigenvalue weighted by Gasteiger charge is 2.13. The average Bonchev–Trinajstić information content (AvgIpc) is 2.96. The summed E-state index contributed by atoms with van der Waals surface area (Å²) in [7, 11) is 1.67. The van der Waals surface area contributed by atoms with Gasteiger partial charge in [0.1, 0.15) is 6.61 Å². The Morgan fingerprint density at radius 1 is 0.450 bits per heavy atom. The minimum atomic E-state index is 0.142. The summed E-state index contributed by atoms with van der Waals surface area (Å²) < 4.78 is 16.0. The van der Waals surface area contributed by atoms with Crippen molar-refractivity contribution in [3.8, 4) is 0 Å². The monoisotopic (exact) mass is 570 g/mol. The van der Waals surface area contributed by atoms with Gasteiger partial charge in [0.05, 0.1) is 26.4 Å². The summed E-state index contributed by atoms with van der Waals surface area (Å²) in [5.74, 6) is 0.142. The lowest BCUT2D eigenvalue weighted by molar-refractivity contribution is -0.136. The molecule has 0 atom stereocenters. The Bertz CT molecular complexity index is 460. The molecule has 0 radical (unpaired) electrons. The van der Waals surface area contributed by atoms with Crippen molar-refractivity contribution >= 4 is 5.91 Å². The molecule has 0 rings (SSSR count). The van der Waals surface area contributed by atoms with Crippen LogP contribution >= 0.6 is 0 Å². The van der Waals surface area contributed by atoms with E-state index in [0.717, 1.165) is 25.9 Å². The Balaban J connectivity index is 4.01. The summed E-state index contributed by atoms with van der Waals surface area (Å²) in [4.78, 5) is 15.0. The SMILES string of the molecule is CCCCCCCCCCCCCCN(CCCCCCCCCCCCCC)C(=O)COCCOCCOC. The first kappa shape index (κ1) is 39.4. The normalized spacial score (nSPS) is 11.4. The van der Waals surface area contributed by atoms with Gasteiger partial charge in [-0.15, -0.1) is 0 Å². The van der Waals surface area contributed by atoms with Crippen LogP contribution in [0.1, 0.15) is 168 Å². The first-order valence-corrected chi connectivity index (χ1v) is 17.7. The molecule has 0 bridgehead atoms. The third-order valence-electron chi connectivity index (χ3n) is 7.95. The van der Waals surface area contributed by atoms with Crippen LogP contribution < -0.4 is 0 Å². The van der Waals surface area contributed by atoms with Crippen molar-refractivity contribution in [3.63, 3.8) is 0 Å². The van der Waals surface area contributed by atoms with E-state index in [0.29, 0.717) is 26.4 Å². The van der Waals surface area contributed by atoms with Gasteiger partial charge in [0, 0.05) is 20.2 Å². The fourth-order valence-electron chi connectivity index (χ4n) is 5.26. The van der Waals surface area contributed by atoms with Crippen molar-refractivity contribution in [1.82, 2.24) is 4.90 Å². The van der Waals surface area contributed by atoms with Gasteiger partial charge in [-0.3, -0.25) is 4.79 Å². The summed E-state index contributed by atoms with van der Waals surface area (Å²) in [6.45, 7) is 8.61. The topological polar surface area (TPSA) is 48.0 Å². The molecule has 5 nitrogen and oxygen atoms in total. The predicted molar refractivity (Wildman–Crippen MR) is 172 cm³/mol. The van der Waals surface area contributed by atoms with E-state index in [9.17, 15) is 4.79 Å². The van der Waals surface area contributed by atoms with E-state index in [2.05, 4.69) is 18.7 Å². The summed E-state index contributed by atoms with van der Waals surface area (Å²) in [5.41, 5.74) is 0. The molecule has 0 aliphatic carbocycles. The zero-order valence-electron chi connectivity index (χ0n) is 27.5. The molecule has 0 aromatic rings. The molecule has 0 aliphatic rings. The van der Waals surface area contributed by atoms with Crippen LogP contribution in [0.4, 0.5) is 0 Å². The summed E-state index contributed by atoms with van der Waals surface area (Å²) >= 11 is 0. The minimum absolute atomic E-state index is 0.142. The van der Waals surface area contributed by atoms with Gasteiger partial charge in [-0.1, -0.05) is 155 Å². The first-order chi connectivity index (χ1) is 19.8. The van der Waals surface area contributed by atoms with Gasteiger partial charge in [0.25, 0.3) is 0 Å². The number of nitrogens with zero attached hydrogens (tertiary/aromatic N) is 1. The highest BCUT2D eigenvalue weighted by molar-refractivity contribution is 5.77. The lowest BCUT2D eigenvalue weighted by atomic mass is 10.0. The van der Waals surface area contributed by atoms with E-state index in [1.165, 1.54) is 141 Å². The van der Waals surface area contributed by atoms with Crippen LogP contribution in [0.2, 0.25) is 0 Å². The Morgan fingerprint density at radius 2 is 0.775 bits per heavy atom. The number of methoxy groups -OCH3 is 1. The van der Waals surface area contributed by atoms with Crippen molar-refractivity contribution in [1.29, 1.82) is 0 Å². The maximum absolute atomic E-state index is 12.9. The predicted octanol–water partition coefficient (Wildman–Crippen LogP) is 9.90. The number of hydrogen-bond donors (Lipinski definition) is 0. The largest absolute Gasteiger partial charge is 0.382 e. The van der Waals surface area contributed by atoms with E-state index in [4.69, 9.17) is 14.2 Å². The number of unbranched alkanes of at least 4 members (excludes halogenated alkanes) is 22. The molecule has 0 spiro atoms. The maximum atomic E-state index is 12.9. The number of rotatable bonds is 34. The van der Waals surface area contributed by atoms with E-state index in [1.807, 2.05) is 0 Å². The molecule has 0 heterocycles. The number of hydrogen-bond acceptors (Lipinski definition) is 4. The van der Waals surface area contributed by atoms with Crippen molar-refractivity contribution < 1.29 is 19.0 Å². The quantitative estimate of drug-likeness (QED) is 0.0724. The zero-order valence-corrected chi connectivity index (χ0v) is 27.5. The second kappa shape index (κ2) is 34.6. The van der Waals surface area contributed by atoms with Gasteiger partial charge in [0.2, 0.25) is 5.91 Å². The van der Waals surface area contributed by atoms with E-state index < -0.39 is 0 Å². The lowest BCUT2D eigenvalue weighted by Gasteiger charge is -2.23. The fourth-order valence-corrected chi connectivity index (χ4v) is 5.26. The summed E-state index contributed by atoms with van der Waals surface area (Å²) in [6, 6.07) is 0. The number of carbonyl (C=O) groups excluding carboxylic acids is 1. The van der Waals surface area contributed by atoms with Crippen LogP contribution in [-0.2, 0) is 19.0 Å². The Kier molecular flexibility index (Phi) is 34.0. The third-order valence-corrected chi connectivity index (χ3v) is 7.95. The second-order valence-corrected chi connectivity index (χ2v) is 11.8. The van der Waals surface area contributed by atoms with Crippen LogP contribution in [0.5, 0.6) is 0 Å². The Hall–Kier alpha value is -0.650. The molecule has 0 unspecified atom stereocenters. The summed E-state index contributed by atoms with van der Waals surface area (Å²) in [6.07, 6.45) is 32.2. The van der Waals surface area contributed by atoms with E-state index in [1.54, 1.807) is 7.11 Å². The van der Waals surface area contributed by atoms with Crippen LogP contribution in [-0.4, -0.2) is 64.0 Å². The lowest BCUT2D eigenvalue weighted by Crippen LogP contribution is -2.36. The Labute approximate surface area is 250 Å². The molecule has 0 saturated heterocycles. The fraction of sp³-hybridized carbons (Fsp3) is 0.971. The van der Waals surface area contributed by atoms with Crippen LogP contribution in [0.15, 0.2) is 0 Å².